The molecule has 2 aromatic heterocycles. The maximum Gasteiger partial charge on any atom is 0.339 e. The number of unbranched alkanes of at least 4 members (excludes halogenated alkanes) is 1. The predicted octanol–water partition coefficient (Wildman–Crippen LogP) is 9.07. The van der Waals surface area contributed by atoms with E-state index in [1.165, 1.54) is 23.8 Å². The summed E-state index contributed by atoms with van der Waals surface area (Å²) in [5, 5.41) is 0. The molecule has 0 bridgehead atoms. The van der Waals surface area contributed by atoms with E-state index in [-0.39, 0.29) is 5.41 Å². The molecule has 0 radical (unpaired) electrons. The zero-order chi connectivity index (χ0) is 34.5. The molecule has 0 spiro atoms. The molecule has 1 fully saturated rings. The fourth-order valence-corrected chi connectivity index (χ4v) is 7.07. The molecule has 4 heterocycles. The smallest absolute Gasteiger partial charge is 0.339 e. The minimum Gasteiger partial charge on any atom is -0.467 e. The van der Waals surface area contributed by atoms with Crippen LogP contribution in [0.4, 0.5) is 5.82 Å². The van der Waals surface area contributed by atoms with Gasteiger partial charge < -0.3 is 14.4 Å². The van der Waals surface area contributed by atoms with Gasteiger partial charge in [-0.05, 0) is 113 Å². The highest BCUT2D eigenvalue weighted by Gasteiger charge is 2.37. The molecule has 1 saturated heterocycles. The van der Waals surface area contributed by atoms with Gasteiger partial charge in [0.25, 0.3) is 0 Å². The lowest BCUT2D eigenvalue weighted by Crippen LogP contribution is -2.41. The molecular weight excluding hydrogens is 596 g/mol. The van der Waals surface area contributed by atoms with Crippen molar-refractivity contribution in [2.75, 3.05) is 25.1 Å². The SMILES string of the molecule is C=CCCCc1ccccc1CC1=CN=C(c2cn3c(N4CCC(C)(CCC=C)CC4)c([C@H](OC(C)(C)C)C(=O)OC)c(C)cc3n2)C1. The first kappa shape index (κ1) is 35.3. The topological polar surface area (TPSA) is 68.4 Å². The number of methoxy groups -OCH3 is 1. The van der Waals surface area contributed by atoms with E-state index in [1.54, 1.807) is 0 Å². The molecule has 7 heteroatoms. The third kappa shape index (κ3) is 8.18. The van der Waals surface area contributed by atoms with Crippen LogP contribution in [0.25, 0.3) is 5.65 Å². The van der Waals surface area contributed by atoms with E-state index in [4.69, 9.17) is 19.5 Å². The number of piperidine rings is 1. The summed E-state index contributed by atoms with van der Waals surface area (Å²) in [6, 6.07) is 10.8. The average molecular weight is 651 g/mol. The van der Waals surface area contributed by atoms with Gasteiger partial charge in [0.05, 0.1) is 18.4 Å². The number of carbonyl (C=O) groups excluding carboxylic acids is 1. The number of aliphatic imine (C=N–C) groups is 1. The molecule has 1 aromatic carbocycles. The van der Waals surface area contributed by atoms with Crippen molar-refractivity contribution in [1.29, 1.82) is 0 Å². The van der Waals surface area contributed by atoms with E-state index in [1.807, 2.05) is 46.0 Å². The number of aryl methyl sites for hydroxylation is 2. The Bertz CT molecular complexity index is 1700. The number of allylic oxidation sites excluding steroid dienone is 3. The lowest BCUT2D eigenvalue weighted by molar-refractivity contribution is -0.164. The fraction of sp³-hybridized carbons (Fsp3) is 0.488. The quantitative estimate of drug-likeness (QED) is 0.0989. The van der Waals surface area contributed by atoms with Gasteiger partial charge in [0.2, 0.25) is 0 Å². The summed E-state index contributed by atoms with van der Waals surface area (Å²) in [6.45, 7) is 19.9. The minimum atomic E-state index is -0.877. The maximum atomic E-state index is 13.4. The van der Waals surface area contributed by atoms with Gasteiger partial charge in [-0.2, -0.15) is 0 Å². The summed E-state index contributed by atoms with van der Waals surface area (Å²) in [5.41, 5.74) is 8.19. The van der Waals surface area contributed by atoms with Crippen molar-refractivity contribution in [3.63, 3.8) is 0 Å². The second-order valence-corrected chi connectivity index (χ2v) is 14.8. The normalized spacial score (nSPS) is 16.8. The van der Waals surface area contributed by atoms with E-state index < -0.39 is 17.7 Å². The van der Waals surface area contributed by atoms with Crippen LogP contribution >= 0.6 is 0 Å². The monoisotopic (exact) mass is 650 g/mol. The molecule has 0 N–H and O–H groups in total. The molecule has 0 saturated carbocycles. The molecule has 1 atom stereocenters. The largest absolute Gasteiger partial charge is 0.467 e. The van der Waals surface area contributed by atoms with Crippen molar-refractivity contribution in [3.05, 3.63) is 102 Å². The van der Waals surface area contributed by atoms with Crippen LogP contribution in [-0.4, -0.2) is 46.9 Å². The van der Waals surface area contributed by atoms with Gasteiger partial charge in [-0.3, -0.25) is 9.39 Å². The Morgan fingerprint density at radius 3 is 2.48 bits per heavy atom. The summed E-state index contributed by atoms with van der Waals surface area (Å²) < 4.78 is 14.0. The van der Waals surface area contributed by atoms with Crippen LogP contribution in [-0.2, 0) is 27.1 Å². The third-order valence-corrected chi connectivity index (χ3v) is 9.83. The number of anilines is 1. The van der Waals surface area contributed by atoms with Gasteiger partial charge in [0.15, 0.2) is 6.10 Å². The number of ether oxygens (including phenoxy) is 2. The second kappa shape index (κ2) is 15.1. The van der Waals surface area contributed by atoms with E-state index in [2.05, 4.69) is 65.9 Å². The molecule has 2 aliphatic heterocycles. The lowest BCUT2D eigenvalue weighted by Gasteiger charge is -2.42. The molecule has 0 unspecified atom stereocenters. The number of imidazole rings is 1. The van der Waals surface area contributed by atoms with Gasteiger partial charge in [0, 0.05) is 37.5 Å². The molecular formula is C41H54N4O3. The van der Waals surface area contributed by atoms with E-state index in [0.29, 0.717) is 0 Å². The van der Waals surface area contributed by atoms with Crippen LogP contribution in [0.15, 0.2) is 78.6 Å². The number of rotatable bonds is 14. The predicted molar refractivity (Wildman–Crippen MR) is 197 cm³/mol. The summed E-state index contributed by atoms with van der Waals surface area (Å²) in [7, 11) is 1.43. The Kier molecular flexibility index (Phi) is 11.1. The minimum absolute atomic E-state index is 0.252. The van der Waals surface area contributed by atoms with E-state index >= 15 is 0 Å². The van der Waals surface area contributed by atoms with Gasteiger partial charge in [-0.15, -0.1) is 13.2 Å². The van der Waals surface area contributed by atoms with Crippen LogP contribution in [0.1, 0.15) is 107 Å². The van der Waals surface area contributed by atoms with Gasteiger partial charge in [0.1, 0.15) is 17.2 Å². The van der Waals surface area contributed by atoms with E-state index in [9.17, 15) is 4.79 Å². The summed E-state index contributed by atoms with van der Waals surface area (Å²) in [6.07, 6.45) is 16.3. The number of benzene rings is 1. The number of carbonyl (C=O) groups is 1. The molecule has 2 aliphatic rings. The first-order chi connectivity index (χ1) is 22.9. The van der Waals surface area contributed by atoms with Gasteiger partial charge in [-0.1, -0.05) is 43.3 Å². The van der Waals surface area contributed by atoms with Crippen molar-refractivity contribution in [3.8, 4) is 0 Å². The van der Waals surface area contributed by atoms with E-state index in [0.717, 1.165) is 105 Å². The first-order valence-electron chi connectivity index (χ1n) is 17.5. The van der Waals surface area contributed by atoms with Crippen molar-refractivity contribution >= 4 is 23.1 Å². The van der Waals surface area contributed by atoms with Crippen LogP contribution in [0.2, 0.25) is 0 Å². The Labute approximate surface area is 287 Å². The Balaban J connectivity index is 1.48. The molecule has 5 rings (SSSR count). The highest BCUT2D eigenvalue weighted by Crippen LogP contribution is 2.42. The fourth-order valence-electron chi connectivity index (χ4n) is 7.07. The lowest BCUT2D eigenvalue weighted by atomic mass is 9.76. The molecule has 256 valence electrons. The highest BCUT2D eigenvalue weighted by molar-refractivity contribution is 6.02. The molecule has 3 aromatic rings. The van der Waals surface area contributed by atoms with Crippen molar-refractivity contribution in [2.45, 2.75) is 104 Å². The highest BCUT2D eigenvalue weighted by atomic mass is 16.6. The van der Waals surface area contributed by atoms with Gasteiger partial charge >= 0.3 is 5.97 Å². The summed E-state index contributed by atoms with van der Waals surface area (Å²) >= 11 is 0. The number of nitrogens with zero attached hydrogens (tertiary/aromatic N) is 4. The number of fused-ring (bicyclic) bond motifs is 1. The zero-order valence-corrected chi connectivity index (χ0v) is 30.0. The number of esters is 1. The zero-order valence-electron chi connectivity index (χ0n) is 30.0. The van der Waals surface area contributed by atoms with Crippen LogP contribution in [0, 0.1) is 12.3 Å². The molecule has 7 nitrogen and oxygen atoms in total. The first-order valence-corrected chi connectivity index (χ1v) is 17.5. The third-order valence-electron chi connectivity index (χ3n) is 9.83. The number of aromatic nitrogens is 2. The Morgan fingerprint density at radius 2 is 1.81 bits per heavy atom. The molecule has 0 aliphatic carbocycles. The van der Waals surface area contributed by atoms with Gasteiger partial charge in [-0.25, -0.2) is 9.78 Å². The summed E-state index contributed by atoms with van der Waals surface area (Å²) in [5.74, 6) is 0.551. The Hall–Kier alpha value is -3.97. The summed E-state index contributed by atoms with van der Waals surface area (Å²) in [4.78, 5) is 25.8. The molecule has 48 heavy (non-hydrogen) atoms. The van der Waals surface area contributed by atoms with Crippen molar-refractivity contribution in [1.82, 2.24) is 9.38 Å². The number of hydrogen-bond acceptors (Lipinski definition) is 6. The average Bonchev–Trinajstić information content (AvgIpc) is 3.70. The molecule has 0 amide bonds. The number of hydrogen-bond donors (Lipinski definition) is 0. The number of pyridine rings is 1. The Morgan fingerprint density at radius 1 is 1.10 bits per heavy atom. The standard InChI is InChI=1S/C41H54N4O3/c1-9-11-13-16-31-17-14-15-18-32(31)25-30-26-33(42-27-30)34-28-45-35(43-34)24-29(3)36(37(39(46)47-8)48-40(4,5)6)38(45)44-22-20-41(7,21-23-44)19-12-10-2/h9-10,14-15,17-18,24,27-28,37H,1-2,11-13,16,19-23,25-26H2,3-8H3/t37-/m0/s1. The second-order valence-electron chi connectivity index (χ2n) is 14.8. The van der Waals surface area contributed by atoms with Crippen LogP contribution in [0.5, 0.6) is 0 Å². The van der Waals surface area contributed by atoms with Crippen molar-refractivity contribution in [2.24, 2.45) is 10.4 Å². The van der Waals surface area contributed by atoms with Crippen LogP contribution in [0.3, 0.4) is 0 Å². The van der Waals surface area contributed by atoms with Crippen molar-refractivity contribution < 1.29 is 14.3 Å². The van der Waals surface area contributed by atoms with Crippen LogP contribution < -0.4 is 4.90 Å². The maximum absolute atomic E-state index is 13.4.